The van der Waals surface area contributed by atoms with E-state index in [0.29, 0.717) is 19.3 Å². The molecule has 0 heterocycles. The molecule has 0 saturated heterocycles. The molecule has 0 amide bonds. The van der Waals surface area contributed by atoms with E-state index in [1.165, 1.54) is 250 Å². The Morgan fingerprint density at radius 2 is 0.481 bits per heavy atom. The summed E-state index contributed by atoms with van der Waals surface area (Å²) < 4.78 is 17.0. The van der Waals surface area contributed by atoms with Gasteiger partial charge in [0.25, 0.3) is 0 Å². The van der Waals surface area contributed by atoms with E-state index < -0.39 is 6.10 Å². The average molecular weight is 1130 g/mol. The van der Waals surface area contributed by atoms with Crippen LogP contribution in [0.15, 0.2) is 60.8 Å². The van der Waals surface area contributed by atoms with Crippen LogP contribution in [0.2, 0.25) is 0 Å². The number of allylic oxidation sites excluding steroid dienone is 10. The van der Waals surface area contributed by atoms with Crippen molar-refractivity contribution in [2.75, 3.05) is 13.2 Å². The Morgan fingerprint density at radius 3 is 0.753 bits per heavy atom. The molecule has 0 aliphatic heterocycles. The van der Waals surface area contributed by atoms with Gasteiger partial charge in [0.05, 0.1) is 0 Å². The standard InChI is InChI=1S/C75H136O6/c1-4-7-10-13-16-19-22-24-26-28-30-32-33-34-35-36-37-38-39-40-41-43-44-46-48-50-53-56-59-62-65-68-74(77)80-71-72(70-79-73(76)67-64-61-58-55-52-21-18-15-12-9-6-3)81-75(78)69-66-63-60-57-54-51-49-47-45-42-31-29-27-25-23-20-17-14-11-8-5-2/h7,10,16,19,24,26,30,32,34-35,72H,4-6,8-9,11-15,17-18,20-23,25,27-29,31,33,36-71H2,1-3H3/b10-7-,19-16-,26-24-,32-30-,35-34-. The summed E-state index contributed by atoms with van der Waals surface area (Å²) >= 11 is 0. The number of hydrogen-bond acceptors (Lipinski definition) is 6. The van der Waals surface area contributed by atoms with Crippen LogP contribution in [-0.2, 0) is 28.6 Å². The van der Waals surface area contributed by atoms with Crippen molar-refractivity contribution >= 4 is 17.9 Å². The van der Waals surface area contributed by atoms with Gasteiger partial charge in [0.15, 0.2) is 6.10 Å². The first-order chi connectivity index (χ1) is 40.0. The third kappa shape index (κ3) is 67.8. The molecule has 0 aromatic carbocycles. The lowest BCUT2D eigenvalue weighted by molar-refractivity contribution is -0.167. The van der Waals surface area contributed by atoms with Gasteiger partial charge in [0.1, 0.15) is 13.2 Å². The number of ether oxygens (including phenoxy) is 3. The average Bonchev–Trinajstić information content (AvgIpc) is 3.47. The van der Waals surface area contributed by atoms with Gasteiger partial charge in [-0.2, -0.15) is 0 Å². The first-order valence-corrected chi connectivity index (χ1v) is 35.8. The van der Waals surface area contributed by atoms with Crippen molar-refractivity contribution in [3.8, 4) is 0 Å². The highest BCUT2D eigenvalue weighted by molar-refractivity contribution is 5.71. The lowest BCUT2D eigenvalue weighted by atomic mass is 10.0. The van der Waals surface area contributed by atoms with E-state index in [1.807, 2.05) is 0 Å². The minimum atomic E-state index is -0.770. The summed E-state index contributed by atoms with van der Waals surface area (Å²) in [5, 5.41) is 0. The smallest absolute Gasteiger partial charge is 0.306 e. The number of esters is 3. The molecule has 0 aromatic rings. The maximum atomic E-state index is 12.9. The van der Waals surface area contributed by atoms with E-state index in [9.17, 15) is 14.4 Å². The third-order valence-electron chi connectivity index (χ3n) is 16.0. The lowest BCUT2D eigenvalue weighted by Gasteiger charge is -2.18. The molecule has 1 atom stereocenters. The molecule has 0 aromatic heterocycles. The number of hydrogen-bond donors (Lipinski definition) is 0. The number of carbonyl (C=O) groups excluding carboxylic acids is 3. The molecule has 0 radical (unpaired) electrons. The molecule has 0 bridgehead atoms. The van der Waals surface area contributed by atoms with Crippen molar-refractivity contribution in [1.29, 1.82) is 0 Å². The van der Waals surface area contributed by atoms with Gasteiger partial charge in [-0.1, -0.05) is 358 Å². The molecule has 0 N–H and O–H groups in total. The Hall–Kier alpha value is -2.89. The summed E-state index contributed by atoms with van der Waals surface area (Å²) in [5.41, 5.74) is 0. The summed E-state index contributed by atoms with van der Waals surface area (Å²) in [6.07, 6.45) is 89.7. The van der Waals surface area contributed by atoms with Gasteiger partial charge in [-0.05, 0) is 64.2 Å². The molecule has 0 rings (SSSR count). The van der Waals surface area contributed by atoms with Crippen LogP contribution >= 0.6 is 0 Å². The first kappa shape index (κ1) is 78.1. The third-order valence-corrected chi connectivity index (χ3v) is 16.0. The number of rotatable bonds is 66. The fraction of sp³-hybridized carbons (Fsp3) is 0.827. The quantitative estimate of drug-likeness (QED) is 0.0261. The monoisotopic (exact) mass is 1130 g/mol. The summed E-state index contributed by atoms with van der Waals surface area (Å²) in [6, 6.07) is 0. The Bertz CT molecular complexity index is 1440. The van der Waals surface area contributed by atoms with Crippen molar-refractivity contribution in [2.24, 2.45) is 0 Å². The predicted molar refractivity (Wildman–Crippen MR) is 353 cm³/mol. The second-order valence-electron chi connectivity index (χ2n) is 24.1. The minimum absolute atomic E-state index is 0.0668. The number of carbonyl (C=O) groups is 3. The van der Waals surface area contributed by atoms with Crippen LogP contribution in [0, 0.1) is 0 Å². The predicted octanol–water partition coefficient (Wildman–Crippen LogP) is 24.7. The van der Waals surface area contributed by atoms with E-state index in [-0.39, 0.29) is 31.1 Å². The second-order valence-corrected chi connectivity index (χ2v) is 24.1. The van der Waals surface area contributed by atoms with Crippen molar-refractivity contribution in [3.63, 3.8) is 0 Å². The van der Waals surface area contributed by atoms with Crippen molar-refractivity contribution in [3.05, 3.63) is 60.8 Å². The first-order valence-electron chi connectivity index (χ1n) is 35.8. The van der Waals surface area contributed by atoms with Gasteiger partial charge in [-0.3, -0.25) is 14.4 Å². The van der Waals surface area contributed by atoms with E-state index in [4.69, 9.17) is 14.2 Å². The zero-order chi connectivity index (χ0) is 58.5. The topological polar surface area (TPSA) is 78.9 Å². The van der Waals surface area contributed by atoms with Crippen LogP contribution in [0.4, 0.5) is 0 Å². The van der Waals surface area contributed by atoms with Crippen molar-refractivity contribution in [1.82, 2.24) is 0 Å². The highest BCUT2D eigenvalue weighted by atomic mass is 16.6. The summed E-state index contributed by atoms with van der Waals surface area (Å²) in [4.78, 5) is 38.4. The summed E-state index contributed by atoms with van der Waals surface area (Å²) in [7, 11) is 0. The van der Waals surface area contributed by atoms with Crippen LogP contribution in [0.1, 0.15) is 380 Å². The fourth-order valence-electron chi connectivity index (χ4n) is 10.7. The molecule has 472 valence electrons. The molecule has 1 unspecified atom stereocenters. The second kappa shape index (κ2) is 69.6. The van der Waals surface area contributed by atoms with Crippen LogP contribution < -0.4 is 0 Å². The Kier molecular flexibility index (Phi) is 67.1. The molecule has 0 aliphatic carbocycles. The molecular weight excluding hydrogens is 997 g/mol. The van der Waals surface area contributed by atoms with Gasteiger partial charge in [-0.15, -0.1) is 0 Å². The van der Waals surface area contributed by atoms with Gasteiger partial charge >= 0.3 is 17.9 Å². The molecule has 81 heavy (non-hydrogen) atoms. The van der Waals surface area contributed by atoms with E-state index in [1.54, 1.807) is 0 Å². The summed E-state index contributed by atoms with van der Waals surface area (Å²) in [6.45, 7) is 6.59. The zero-order valence-electron chi connectivity index (χ0n) is 54.3. The van der Waals surface area contributed by atoms with Crippen LogP contribution in [0.25, 0.3) is 0 Å². The molecule has 0 saturated carbocycles. The Balaban J connectivity index is 4.15. The van der Waals surface area contributed by atoms with E-state index >= 15 is 0 Å². The van der Waals surface area contributed by atoms with Crippen LogP contribution in [0.5, 0.6) is 0 Å². The molecule has 6 heteroatoms. The highest BCUT2D eigenvalue weighted by Gasteiger charge is 2.19. The van der Waals surface area contributed by atoms with Crippen molar-refractivity contribution < 1.29 is 28.6 Å². The molecule has 0 fully saturated rings. The summed E-state index contributed by atoms with van der Waals surface area (Å²) in [5.74, 6) is -0.840. The van der Waals surface area contributed by atoms with Gasteiger partial charge in [0, 0.05) is 19.3 Å². The number of unbranched alkanes of at least 4 members (excludes halogenated alkanes) is 45. The van der Waals surface area contributed by atoms with E-state index in [0.717, 1.165) is 89.9 Å². The van der Waals surface area contributed by atoms with Gasteiger partial charge < -0.3 is 14.2 Å². The van der Waals surface area contributed by atoms with Crippen molar-refractivity contribution in [2.45, 2.75) is 386 Å². The van der Waals surface area contributed by atoms with Gasteiger partial charge in [0.2, 0.25) is 0 Å². The minimum Gasteiger partial charge on any atom is -0.462 e. The molecule has 6 nitrogen and oxygen atoms in total. The SMILES string of the molecule is CC/C=C\C/C=C\C/C=C\C/C=C\C/C=C\CCCCCCCCCCCCCCCCCC(=O)OCC(COC(=O)CCCCCCCCCCCCC)OC(=O)CCCCCCCCCCCCCCCCCCCCCCC. The normalized spacial score (nSPS) is 12.4. The maximum absolute atomic E-state index is 12.9. The largest absolute Gasteiger partial charge is 0.462 e. The van der Waals surface area contributed by atoms with Crippen LogP contribution in [-0.4, -0.2) is 37.2 Å². The zero-order valence-corrected chi connectivity index (χ0v) is 54.3. The Morgan fingerprint density at radius 1 is 0.259 bits per heavy atom. The fourth-order valence-corrected chi connectivity index (χ4v) is 10.7. The highest BCUT2D eigenvalue weighted by Crippen LogP contribution is 2.19. The Labute approximate surface area is 504 Å². The molecule has 0 aliphatic rings. The lowest BCUT2D eigenvalue weighted by Crippen LogP contribution is -2.30. The van der Waals surface area contributed by atoms with Gasteiger partial charge in [-0.25, -0.2) is 0 Å². The maximum Gasteiger partial charge on any atom is 0.306 e. The molecule has 0 spiro atoms. The van der Waals surface area contributed by atoms with Crippen LogP contribution in [0.3, 0.4) is 0 Å². The molecular formula is C75H136O6. The van der Waals surface area contributed by atoms with E-state index in [2.05, 4.69) is 81.5 Å².